The molecule has 0 fully saturated rings. The van der Waals surface area contributed by atoms with E-state index in [9.17, 15) is 0 Å². The van der Waals surface area contributed by atoms with E-state index in [1.165, 1.54) is 0 Å². The van der Waals surface area contributed by atoms with Crippen molar-refractivity contribution in [3.63, 3.8) is 0 Å². The number of rotatable bonds is 3. The van der Waals surface area contributed by atoms with Crippen molar-refractivity contribution in [2.24, 2.45) is 0 Å². The molecule has 19 heavy (non-hydrogen) atoms. The topological polar surface area (TPSA) is 9.23 Å². The van der Waals surface area contributed by atoms with Gasteiger partial charge in [0.05, 0.1) is 12.5 Å². The van der Waals surface area contributed by atoms with E-state index in [0.29, 0.717) is 5.02 Å². The lowest BCUT2D eigenvalue weighted by molar-refractivity contribution is 0.410. The molecule has 0 amide bonds. The van der Waals surface area contributed by atoms with E-state index >= 15 is 0 Å². The van der Waals surface area contributed by atoms with Crippen LogP contribution in [-0.2, 0) is 0 Å². The molecule has 0 radical (unpaired) electrons. The second kappa shape index (κ2) is 6.17. The minimum Gasteiger partial charge on any atom is -0.496 e. The van der Waals surface area contributed by atoms with E-state index in [4.69, 9.17) is 27.9 Å². The van der Waals surface area contributed by atoms with Crippen LogP contribution < -0.4 is 4.74 Å². The zero-order valence-electron chi connectivity index (χ0n) is 10.6. The first-order valence-electron chi connectivity index (χ1n) is 5.76. The van der Waals surface area contributed by atoms with Crippen LogP contribution in [0.2, 0.25) is 5.02 Å². The van der Waals surface area contributed by atoms with Crippen LogP contribution in [0.4, 0.5) is 0 Å². The first-order valence-corrected chi connectivity index (χ1v) is 7.37. The molecule has 0 heterocycles. The van der Waals surface area contributed by atoms with Gasteiger partial charge in [0.15, 0.2) is 0 Å². The summed E-state index contributed by atoms with van der Waals surface area (Å²) < 4.78 is 6.30. The maximum atomic E-state index is 6.57. The Kier molecular flexibility index (Phi) is 4.77. The van der Waals surface area contributed by atoms with Crippen LogP contribution in [0.3, 0.4) is 0 Å². The summed E-state index contributed by atoms with van der Waals surface area (Å²) in [5.41, 5.74) is 2.93. The molecular weight excluding hydrogens is 347 g/mol. The quantitative estimate of drug-likeness (QED) is 0.634. The standard InChI is InChI=1S/C15H13BrCl2O/c1-9-3-6-14(19-2)12(7-9)15(18)11-5-4-10(16)8-13(11)17/h3-8,15H,1-2H3. The van der Waals surface area contributed by atoms with Gasteiger partial charge in [-0.25, -0.2) is 0 Å². The first-order chi connectivity index (χ1) is 9.02. The van der Waals surface area contributed by atoms with Crippen LogP contribution in [0.15, 0.2) is 40.9 Å². The Morgan fingerprint density at radius 1 is 1.11 bits per heavy atom. The molecule has 1 unspecified atom stereocenters. The largest absolute Gasteiger partial charge is 0.496 e. The molecule has 2 rings (SSSR count). The highest BCUT2D eigenvalue weighted by atomic mass is 79.9. The van der Waals surface area contributed by atoms with E-state index in [1.54, 1.807) is 7.11 Å². The van der Waals surface area contributed by atoms with E-state index in [1.807, 2.05) is 43.3 Å². The second-order valence-corrected chi connectivity index (χ2v) is 6.03. The second-order valence-electron chi connectivity index (χ2n) is 4.27. The fourth-order valence-corrected chi connectivity index (χ4v) is 3.13. The number of methoxy groups -OCH3 is 1. The molecule has 0 saturated heterocycles. The molecule has 1 atom stereocenters. The van der Waals surface area contributed by atoms with Crippen LogP contribution >= 0.6 is 39.1 Å². The van der Waals surface area contributed by atoms with Crippen molar-refractivity contribution in [3.05, 3.63) is 62.6 Å². The zero-order chi connectivity index (χ0) is 14.0. The molecule has 0 N–H and O–H groups in total. The van der Waals surface area contributed by atoms with Gasteiger partial charge in [-0.15, -0.1) is 11.6 Å². The lowest BCUT2D eigenvalue weighted by Gasteiger charge is -2.16. The van der Waals surface area contributed by atoms with Gasteiger partial charge in [-0.2, -0.15) is 0 Å². The fraction of sp³-hybridized carbons (Fsp3) is 0.200. The van der Waals surface area contributed by atoms with Gasteiger partial charge in [0.25, 0.3) is 0 Å². The van der Waals surface area contributed by atoms with E-state index in [-0.39, 0.29) is 5.38 Å². The Balaban J connectivity index is 2.49. The summed E-state index contributed by atoms with van der Waals surface area (Å²) in [7, 11) is 1.64. The van der Waals surface area contributed by atoms with Crippen molar-refractivity contribution in [2.75, 3.05) is 7.11 Å². The third-order valence-corrected chi connectivity index (χ3v) is 4.18. The molecule has 0 saturated carbocycles. The number of hydrogen-bond acceptors (Lipinski definition) is 1. The highest BCUT2D eigenvalue weighted by molar-refractivity contribution is 9.10. The Morgan fingerprint density at radius 3 is 2.47 bits per heavy atom. The molecule has 100 valence electrons. The minimum atomic E-state index is -0.338. The van der Waals surface area contributed by atoms with E-state index in [0.717, 1.165) is 26.9 Å². The molecule has 2 aromatic carbocycles. The summed E-state index contributed by atoms with van der Waals surface area (Å²) in [5, 5.41) is 0.299. The summed E-state index contributed by atoms with van der Waals surface area (Å²) in [6.07, 6.45) is 0. The van der Waals surface area contributed by atoms with Crippen LogP contribution in [0, 0.1) is 6.92 Å². The fourth-order valence-electron chi connectivity index (χ4n) is 1.93. The third kappa shape index (κ3) is 3.25. The van der Waals surface area contributed by atoms with Crippen LogP contribution in [0.5, 0.6) is 5.75 Å². The number of hydrogen-bond donors (Lipinski definition) is 0. The van der Waals surface area contributed by atoms with Crippen molar-refractivity contribution >= 4 is 39.1 Å². The van der Waals surface area contributed by atoms with Crippen molar-refractivity contribution in [3.8, 4) is 5.75 Å². The molecule has 2 aromatic rings. The van der Waals surface area contributed by atoms with Crippen molar-refractivity contribution < 1.29 is 4.74 Å². The van der Waals surface area contributed by atoms with Crippen LogP contribution in [-0.4, -0.2) is 7.11 Å². The average Bonchev–Trinajstić information content (AvgIpc) is 2.38. The number of halogens is 3. The number of alkyl halides is 1. The normalized spacial score (nSPS) is 12.3. The summed E-state index contributed by atoms with van der Waals surface area (Å²) in [6, 6.07) is 11.6. The van der Waals surface area contributed by atoms with Crippen molar-refractivity contribution in [1.29, 1.82) is 0 Å². The summed E-state index contributed by atoms with van der Waals surface area (Å²) in [4.78, 5) is 0. The molecular formula is C15H13BrCl2O. The number of ether oxygens (including phenoxy) is 1. The average molecular weight is 360 g/mol. The maximum absolute atomic E-state index is 6.57. The van der Waals surface area contributed by atoms with Gasteiger partial charge in [0, 0.05) is 15.1 Å². The summed E-state index contributed by atoms with van der Waals surface area (Å²) in [6.45, 7) is 2.02. The number of aryl methyl sites for hydroxylation is 1. The Morgan fingerprint density at radius 2 is 1.84 bits per heavy atom. The molecule has 0 aliphatic carbocycles. The van der Waals surface area contributed by atoms with Gasteiger partial charge in [-0.1, -0.05) is 51.3 Å². The van der Waals surface area contributed by atoms with E-state index < -0.39 is 0 Å². The third-order valence-electron chi connectivity index (χ3n) is 2.89. The Bertz CT molecular complexity index is 599. The van der Waals surface area contributed by atoms with Crippen molar-refractivity contribution in [1.82, 2.24) is 0 Å². The van der Waals surface area contributed by atoms with Gasteiger partial charge in [-0.3, -0.25) is 0 Å². The smallest absolute Gasteiger partial charge is 0.123 e. The molecule has 1 nitrogen and oxygen atoms in total. The van der Waals surface area contributed by atoms with Crippen LogP contribution in [0.1, 0.15) is 22.1 Å². The lowest BCUT2D eigenvalue weighted by atomic mass is 10.0. The van der Waals surface area contributed by atoms with Crippen LogP contribution in [0.25, 0.3) is 0 Å². The summed E-state index contributed by atoms with van der Waals surface area (Å²) in [5.74, 6) is 0.768. The van der Waals surface area contributed by atoms with Gasteiger partial charge < -0.3 is 4.74 Å². The maximum Gasteiger partial charge on any atom is 0.123 e. The number of benzene rings is 2. The van der Waals surface area contributed by atoms with E-state index in [2.05, 4.69) is 15.9 Å². The Labute approximate surface area is 131 Å². The summed E-state index contributed by atoms with van der Waals surface area (Å²) >= 11 is 16.2. The SMILES string of the molecule is COc1ccc(C)cc1C(Cl)c1ccc(Br)cc1Cl. The highest BCUT2D eigenvalue weighted by Crippen LogP contribution is 2.39. The van der Waals surface area contributed by atoms with Crippen molar-refractivity contribution in [2.45, 2.75) is 12.3 Å². The monoisotopic (exact) mass is 358 g/mol. The van der Waals surface area contributed by atoms with Gasteiger partial charge in [0.2, 0.25) is 0 Å². The van der Waals surface area contributed by atoms with Gasteiger partial charge in [-0.05, 0) is 30.7 Å². The predicted octanol–water partition coefficient (Wildman–Crippen LogP) is 5.75. The lowest BCUT2D eigenvalue weighted by Crippen LogP contribution is -1.99. The Hall–Kier alpha value is -0.700. The molecule has 0 bridgehead atoms. The van der Waals surface area contributed by atoms with Gasteiger partial charge >= 0.3 is 0 Å². The molecule has 0 aliphatic heterocycles. The van der Waals surface area contributed by atoms with Gasteiger partial charge in [0.1, 0.15) is 5.75 Å². The molecule has 0 spiro atoms. The minimum absolute atomic E-state index is 0.338. The predicted molar refractivity (Wildman–Crippen MR) is 84.6 cm³/mol. The zero-order valence-corrected chi connectivity index (χ0v) is 13.7. The molecule has 4 heteroatoms. The highest BCUT2D eigenvalue weighted by Gasteiger charge is 2.18. The molecule has 0 aromatic heterocycles. The first kappa shape index (κ1) is 14.7. The molecule has 0 aliphatic rings.